The van der Waals surface area contributed by atoms with Crippen LogP contribution in [0.15, 0.2) is 18.3 Å². The van der Waals surface area contributed by atoms with E-state index in [0.29, 0.717) is 6.54 Å². The van der Waals surface area contributed by atoms with Gasteiger partial charge in [-0.25, -0.2) is 9.78 Å². The maximum atomic E-state index is 11.6. The summed E-state index contributed by atoms with van der Waals surface area (Å²) in [5, 5.41) is 2.95. The van der Waals surface area contributed by atoms with Crippen molar-refractivity contribution < 1.29 is 9.53 Å². The fraction of sp³-hybridized carbons (Fsp3) is 0.231. The highest BCUT2D eigenvalue weighted by atomic mass is 35.5. The number of aryl methyl sites for hydroxylation is 1. The van der Waals surface area contributed by atoms with Crippen molar-refractivity contribution in [1.82, 2.24) is 15.0 Å². The number of halogens is 2. The Bertz CT molecular complexity index is 679. The molecular weight excluding hydrogens is 315 g/mol. The summed E-state index contributed by atoms with van der Waals surface area (Å²) in [4.78, 5) is 23.6. The molecule has 6 nitrogen and oxygen atoms in total. The molecule has 0 aliphatic heterocycles. The Kier molecular flexibility index (Phi) is 4.93. The zero-order chi connectivity index (χ0) is 15.4. The Labute approximate surface area is 131 Å². The van der Waals surface area contributed by atoms with Crippen LogP contribution >= 0.6 is 23.2 Å². The third kappa shape index (κ3) is 3.59. The van der Waals surface area contributed by atoms with Crippen molar-refractivity contribution in [2.45, 2.75) is 13.5 Å². The van der Waals surface area contributed by atoms with Gasteiger partial charge in [-0.05, 0) is 30.2 Å². The minimum absolute atomic E-state index is 0.0554. The van der Waals surface area contributed by atoms with E-state index < -0.39 is 5.97 Å². The predicted octanol–water partition coefficient (Wildman–Crippen LogP) is 2.89. The summed E-state index contributed by atoms with van der Waals surface area (Å²) in [6.07, 6.45) is 1.69. The van der Waals surface area contributed by atoms with Crippen molar-refractivity contribution in [3.63, 3.8) is 0 Å². The summed E-state index contributed by atoms with van der Waals surface area (Å²) in [5.41, 5.74) is 1.77. The molecule has 2 rings (SSSR count). The third-order valence-corrected chi connectivity index (χ3v) is 3.27. The molecule has 2 heterocycles. The Morgan fingerprint density at radius 3 is 2.81 bits per heavy atom. The van der Waals surface area contributed by atoms with Gasteiger partial charge in [0.25, 0.3) is 0 Å². The molecule has 0 spiro atoms. The van der Waals surface area contributed by atoms with Gasteiger partial charge in [0.05, 0.1) is 19.3 Å². The van der Waals surface area contributed by atoms with Crippen molar-refractivity contribution >= 4 is 35.0 Å². The van der Waals surface area contributed by atoms with Crippen molar-refractivity contribution in [3.8, 4) is 0 Å². The van der Waals surface area contributed by atoms with Crippen LogP contribution in [0.2, 0.25) is 10.3 Å². The Morgan fingerprint density at radius 2 is 2.14 bits per heavy atom. The van der Waals surface area contributed by atoms with Gasteiger partial charge in [0.2, 0.25) is 5.28 Å². The summed E-state index contributed by atoms with van der Waals surface area (Å²) < 4.78 is 4.60. The largest absolute Gasteiger partial charge is 0.464 e. The molecule has 0 aliphatic rings. The van der Waals surface area contributed by atoms with Crippen LogP contribution in [-0.2, 0) is 11.3 Å². The van der Waals surface area contributed by atoms with E-state index >= 15 is 0 Å². The van der Waals surface area contributed by atoms with E-state index in [9.17, 15) is 4.79 Å². The Morgan fingerprint density at radius 1 is 1.38 bits per heavy atom. The number of carbonyl (C=O) groups excluding carboxylic acids is 1. The third-order valence-electron chi connectivity index (χ3n) is 2.74. The number of ether oxygens (including phenoxy) is 1. The van der Waals surface area contributed by atoms with Gasteiger partial charge in [0, 0.05) is 6.20 Å². The molecule has 0 atom stereocenters. The van der Waals surface area contributed by atoms with Crippen LogP contribution in [0, 0.1) is 6.92 Å². The number of methoxy groups -OCH3 is 1. The van der Waals surface area contributed by atoms with E-state index in [0.717, 1.165) is 11.3 Å². The standard InChI is InChI=1S/C13H12Cl2N4O2/c1-7-4-3-5-16-8(7)6-17-11-9(14)10(12(20)21-2)18-13(15)19-11/h3-5H,6H2,1-2H3,(H,17,18,19). The van der Waals surface area contributed by atoms with E-state index in [2.05, 4.69) is 25.0 Å². The van der Waals surface area contributed by atoms with Gasteiger partial charge < -0.3 is 10.1 Å². The second-order valence-corrected chi connectivity index (χ2v) is 4.83. The second kappa shape index (κ2) is 6.69. The van der Waals surface area contributed by atoms with E-state index in [1.165, 1.54) is 7.11 Å². The molecule has 0 saturated heterocycles. The van der Waals surface area contributed by atoms with Gasteiger partial charge in [-0.3, -0.25) is 4.98 Å². The Hall–Kier alpha value is -1.92. The SMILES string of the molecule is COC(=O)c1nc(Cl)nc(NCc2ncccc2C)c1Cl. The van der Waals surface area contributed by atoms with Crippen LogP contribution in [0.25, 0.3) is 0 Å². The molecule has 110 valence electrons. The maximum absolute atomic E-state index is 11.6. The van der Waals surface area contributed by atoms with Gasteiger partial charge in [0.15, 0.2) is 11.5 Å². The molecule has 8 heteroatoms. The number of hydrogen-bond donors (Lipinski definition) is 1. The smallest absolute Gasteiger partial charge is 0.358 e. The van der Waals surface area contributed by atoms with Crippen molar-refractivity contribution in [3.05, 3.63) is 45.6 Å². The molecule has 1 N–H and O–H groups in total. The predicted molar refractivity (Wildman–Crippen MR) is 79.7 cm³/mol. The van der Waals surface area contributed by atoms with Crippen LogP contribution < -0.4 is 5.32 Å². The number of nitrogens with zero attached hydrogens (tertiary/aromatic N) is 3. The highest BCUT2D eigenvalue weighted by molar-refractivity contribution is 6.36. The highest BCUT2D eigenvalue weighted by Crippen LogP contribution is 2.25. The molecule has 0 aromatic carbocycles. The highest BCUT2D eigenvalue weighted by Gasteiger charge is 2.19. The van der Waals surface area contributed by atoms with E-state index in [1.54, 1.807) is 6.20 Å². The number of rotatable bonds is 4. The first kappa shape index (κ1) is 15.5. The number of aromatic nitrogens is 3. The number of pyridine rings is 1. The molecule has 0 fully saturated rings. The number of hydrogen-bond acceptors (Lipinski definition) is 6. The first-order valence-electron chi connectivity index (χ1n) is 5.98. The first-order valence-corrected chi connectivity index (χ1v) is 6.74. The minimum atomic E-state index is -0.679. The lowest BCUT2D eigenvalue weighted by molar-refractivity contribution is 0.0594. The summed E-state index contributed by atoms with van der Waals surface area (Å²) in [7, 11) is 1.24. The van der Waals surface area contributed by atoms with Gasteiger partial charge in [-0.1, -0.05) is 17.7 Å². The quantitative estimate of drug-likeness (QED) is 0.687. The van der Waals surface area contributed by atoms with Crippen molar-refractivity contribution in [1.29, 1.82) is 0 Å². The summed E-state index contributed by atoms with van der Waals surface area (Å²) >= 11 is 11.9. The molecule has 0 unspecified atom stereocenters. The first-order chi connectivity index (χ1) is 10.0. The normalized spacial score (nSPS) is 10.3. The summed E-state index contributed by atoms with van der Waals surface area (Å²) in [6.45, 7) is 2.33. The van der Waals surface area contributed by atoms with Crippen molar-refractivity contribution in [2.24, 2.45) is 0 Å². The number of esters is 1. The lowest BCUT2D eigenvalue weighted by Crippen LogP contribution is -2.11. The fourth-order valence-electron chi connectivity index (χ4n) is 1.64. The monoisotopic (exact) mass is 326 g/mol. The van der Waals surface area contributed by atoms with Crippen LogP contribution in [0.3, 0.4) is 0 Å². The molecule has 0 saturated carbocycles. The number of nitrogens with one attached hydrogen (secondary N) is 1. The fourth-order valence-corrected chi connectivity index (χ4v) is 2.04. The van der Waals surface area contributed by atoms with Gasteiger partial charge in [-0.15, -0.1) is 0 Å². The molecule has 0 amide bonds. The molecule has 21 heavy (non-hydrogen) atoms. The molecular formula is C13H12Cl2N4O2. The Balaban J connectivity index is 2.26. The summed E-state index contributed by atoms with van der Waals surface area (Å²) in [6, 6.07) is 3.79. The molecule has 0 radical (unpaired) electrons. The lowest BCUT2D eigenvalue weighted by Gasteiger charge is -2.10. The second-order valence-electron chi connectivity index (χ2n) is 4.12. The van der Waals surface area contributed by atoms with Gasteiger partial charge in [-0.2, -0.15) is 4.98 Å². The van der Waals surface area contributed by atoms with Gasteiger partial charge >= 0.3 is 5.97 Å². The average Bonchev–Trinajstić information content (AvgIpc) is 2.48. The maximum Gasteiger partial charge on any atom is 0.358 e. The minimum Gasteiger partial charge on any atom is -0.464 e. The molecule has 2 aromatic rings. The topological polar surface area (TPSA) is 77.0 Å². The van der Waals surface area contributed by atoms with E-state index in [1.807, 2.05) is 19.1 Å². The summed E-state index contributed by atoms with van der Waals surface area (Å²) in [5.74, 6) is -0.427. The number of carbonyl (C=O) groups is 1. The molecule has 2 aromatic heterocycles. The van der Waals surface area contributed by atoms with Crippen LogP contribution in [0.5, 0.6) is 0 Å². The van der Waals surface area contributed by atoms with E-state index in [4.69, 9.17) is 23.2 Å². The zero-order valence-corrected chi connectivity index (χ0v) is 12.9. The van der Waals surface area contributed by atoms with E-state index in [-0.39, 0.29) is 21.8 Å². The average molecular weight is 327 g/mol. The zero-order valence-electron chi connectivity index (χ0n) is 11.4. The van der Waals surface area contributed by atoms with Crippen LogP contribution in [-0.4, -0.2) is 28.0 Å². The lowest BCUT2D eigenvalue weighted by atomic mass is 10.2. The van der Waals surface area contributed by atoms with Gasteiger partial charge in [0.1, 0.15) is 5.02 Å². The van der Waals surface area contributed by atoms with Crippen molar-refractivity contribution in [2.75, 3.05) is 12.4 Å². The number of anilines is 1. The molecule has 0 bridgehead atoms. The van der Waals surface area contributed by atoms with Crippen LogP contribution in [0.1, 0.15) is 21.7 Å². The molecule has 0 aliphatic carbocycles. The van der Waals surface area contributed by atoms with Crippen LogP contribution in [0.4, 0.5) is 5.82 Å².